The van der Waals surface area contributed by atoms with Crippen LogP contribution in [0.4, 0.5) is 17.1 Å². The van der Waals surface area contributed by atoms with Gasteiger partial charge < -0.3 is 4.90 Å². The summed E-state index contributed by atoms with van der Waals surface area (Å²) in [6.07, 6.45) is 0. The Balaban J connectivity index is 1.07. The van der Waals surface area contributed by atoms with Crippen molar-refractivity contribution in [3.63, 3.8) is 0 Å². The van der Waals surface area contributed by atoms with Crippen molar-refractivity contribution in [2.45, 2.75) is 0 Å². The van der Waals surface area contributed by atoms with Crippen molar-refractivity contribution >= 4 is 38.6 Å². The van der Waals surface area contributed by atoms with Crippen molar-refractivity contribution in [3.8, 4) is 55.6 Å². The van der Waals surface area contributed by atoms with Gasteiger partial charge in [0.2, 0.25) is 0 Å². The second-order valence-electron chi connectivity index (χ2n) is 14.5. The second kappa shape index (κ2) is 15.0. The van der Waals surface area contributed by atoms with Gasteiger partial charge in [-0.05, 0) is 114 Å². The fourth-order valence-electron chi connectivity index (χ4n) is 8.34. The quantitative estimate of drug-likeness (QED) is 0.151. The van der Waals surface area contributed by atoms with Gasteiger partial charge in [0.25, 0.3) is 0 Å². The maximum Gasteiger partial charge on any atom is 0.0462 e. The number of hydrogen-bond donors (Lipinski definition) is 0. The summed E-state index contributed by atoms with van der Waals surface area (Å²) < 4.78 is 0. The molecule has 0 unspecified atom stereocenters. The summed E-state index contributed by atoms with van der Waals surface area (Å²) in [5.74, 6) is 0. The molecule has 268 valence electrons. The van der Waals surface area contributed by atoms with Crippen LogP contribution in [0.15, 0.2) is 237 Å². The van der Waals surface area contributed by atoms with Crippen molar-refractivity contribution in [2.75, 3.05) is 4.90 Å². The molecular formula is C56H39N. The molecule has 0 spiro atoms. The fraction of sp³-hybridized carbons (Fsp3) is 0. The summed E-state index contributed by atoms with van der Waals surface area (Å²) in [7, 11) is 0. The number of anilines is 3. The van der Waals surface area contributed by atoms with Gasteiger partial charge in [0.1, 0.15) is 0 Å². The molecule has 1 nitrogen and oxygen atoms in total. The van der Waals surface area contributed by atoms with Crippen LogP contribution >= 0.6 is 0 Å². The molecule has 10 rings (SSSR count). The van der Waals surface area contributed by atoms with E-state index in [4.69, 9.17) is 0 Å². The maximum atomic E-state index is 2.36. The summed E-state index contributed by atoms with van der Waals surface area (Å²) in [4.78, 5) is 2.36. The number of hydrogen-bond acceptors (Lipinski definition) is 1. The monoisotopic (exact) mass is 725 g/mol. The highest BCUT2D eigenvalue weighted by Gasteiger charge is 2.17. The van der Waals surface area contributed by atoms with E-state index in [0.29, 0.717) is 0 Å². The second-order valence-corrected chi connectivity index (χ2v) is 14.5. The topological polar surface area (TPSA) is 3.24 Å². The highest BCUT2D eigenvalue weighted by atomic mass is 15.1. The van der Waals surface area contributed by atoms with Crippen molar-refractivity contribution in [1.29, 1.82) is 0 Å². The van der Waals surface area contributed by atoms with Gasteiger partial charge >= 0.3 is 0 Å². The van der Waals surface area contributed by atoms with Gasteiger partial charge in [0, 0.05) is 17.1 Å². The van der Waals surface area contributed by atoms with Crippen LogP contribution in [-0.2, 0) is 0 Å². The van der Waals surface area contributed by atoms with Gasteiger partial charge in [-0.3, -0.25) is 0 Å². The van der Waals surface area contributed by atoms with Crippen LogP contribution in [0.5, 0.6) is 0 Å². The summed E-state index contributed by atoms with van der Waals surface area (Å²) >= 11 is 0. The first-order chi connectivity index (χ1) is 28.3. The molecule has 0 amide bonds. The van der Waals surface area contributed by atoms with E-state index in [1.54, 1.807) is 0 Å². The lowest BCUT2D eigenvalue weighted by Crippen LogP contribution is -2.09. The Bertz CT molecular complexity index is 2830. The van der Waals surface area contributed by atoms with E-state index in [0.717, 1.165) is 17.1 Å². The molecule has 0 bridgehead atoms. The van der Waals surface area contributed by atoms with Crippen molar-refractivity contribution in [3.05, 3.63) is 237 Å². The smallest absolute Gasteiger partial charge is 0.0462 e. The van der Waals surface area contributed by atoms with E-state index in [1.165, 1.54) is 77.2 Å². The van der Waals surface area contributed by atoms with Crippen LogP contribution in [0, 0.1) is 0 Å². The molecule has 0 fully saturated rings. The Morgan fingerprint density at radius 1 is 0.211 bits per heavy atom. The minimum atomic E-state index is 1.09. The Labute approximate surface area is 334 Å². The maximum absolute atomic E-state index is 2.36. The summed E-state index contributed by atoms with van der Waals surface area (Å²) in [6, 6.07) is 85.5. The van der Waals surface area contributed by atoms with Gasteiger partial charge in [-0.1, -0.05) is 200 Å². The van der Waals surface area contributed by atoms with Crippen LogP contribution in [0.3, 0.4) is 0 Å². The lowest BCUT2D eigenvalue weighted by Gasteiger charge is -2.26. The number of benzene rings is 10. The molecule has 10 aromatic carbocycles. The Morgan fingerprint density at radius 3 is 0.982 bits per heavy atom. The number of rotatable bonds is 8. The predicted octanol–water partition coefficient (Wildman–Crippen LogP) is 15.8. The van der Waals surface area contributed by atoms with Crippen LogP contribution in [-0.4, -0.2) is 0 Å². The Hall–Kier alpha value is -7.48. The van der Waals surface area contributed by atoms with Gasteiger partial charge in [0.05, 0.1) is 0 Å². The molecule has 57 heavy (non-hydrogen) atoms. The Kier molecular flexibility index (Phi) is 8.95. The highest BCUT2D eigenvalue weighted by Crippen LogP contribution is 2.43. The van der Waals surface area contributed by atoms with Crippen LogP contribution in [0.25, 0.3) is 77.2 Å². The van der Waals surface area contributed by atoms with Crippen LogP contribution in [0.2, 0.25) is 0 Å². The minimum Gasteiger partial charge on any atom is -0.311 e. The van der Waals surface area contributed by atoms with E-state index in [2.05, 4.69) is 241 Å². The van der Waals surface area contributed by atoms with E-state index in [1.807, 2.05) is 0 Å². The van der Waals surface area contributed by atoms with E-state index in [-0.39, 0.29) is 0 Å². The average Bonchev–Trinajstić information content (AvgIpc) is 3.30. The van der Waals surface area contributed by atoms with E-state index in [9.17, 15) is 0 Å². The zero-order valence-corrected chi connectivity index (χ0v) is 31.5. The lowest BCUT2D eigenvalue weighted by molar-refractivity contribution is 1.28. The molecule has 10 aromatic rings. The molecule has 1 heteroatoms. The average molecular weight is 726 g/mol. The third kappa shape index (κ3) is 6.56. The predicted molar refractivity (Wildman–Crippen MR) is 243 cm³/mol. The third-order valence-electron chi connectivity index (χ3n) is 11.1. The number of fused-ring (bicyclic) bond motifs is 2. The molecule has 0 saturated heterocycles. The molecule has 0 aromatic heterocycles. The van der Waals surface area contributed by atoms with Gasteiger partial charge in [0.15, 0.2) is 0 Å². The molecular weight excluding hydrogens is 687 g/mol. The van der Waals surface area contributed by atoms with Gasteiger partial charge in [-0.15, -0.1) is 0 Å². The van der Waals surface area contributed by atoms with Gasteiger partial charge in [-0.2, -0.15) is 0 Å². The van der Waals surface area contributed by atoms with E-state index < -0.39 is 0 Å². The van der Waals surface area contributed by atoms with Crippen molar-refractivity contribution < 1.29 is 0 Å². The van der Waals surface area contributed by atoms with Crippen molar-refractivity contribution in [1.82, 2.24) is 0 Å². The molecule has 0 heterocycles. The summed E-state index contributed by atoms with van der Waals surface area (Å²) in [5.41, 5.74) is 15.4. The zero-order valence-electron chi connectivity index (χ0n) is 31.5. The molecule has 0 atom stereocenters. The molecule has 0 radical (unpaired) electrons. The normalized spacial score (nSPS) is 11.2. The zero-order chi connectivity index (χ0) is 38.0. The molecule has 0 aliphatic rings. The lowest BCUT2D eigenvalue weighted by atomic mass is 9.87. The Morgan fingerprint density at radius 2 is 0.526 bits per heavy atom. The molecule has 0 aliphatic carbocycles. The molecule has 0 aliphatic heterocycles. The largest absolute Gasteiger partial charge is 0.311 e. The first kappa shape index (κ1) is 34.0. The summed E-state index contributed by atoms with van der Waals surface area (Å²) in [5, 5.41) is 5.01. The number of nitrogens with zero attached hydrogens (tertiary/aromatic N) is 1. The van der Waals surface area contributed by atoms with E-state index >= 15 is 0 Å². The SMILES string of the molecule is c1ccc(-c2cccc(-c3ccc(N(c4ccc(-c5cccc6ccccc56)cc4)c4ccc(-c5cccc6ccccc56)cc4)cc3)c2-c2ccccc2)cc1. The van der Waals surface area contributed by atoms with Gasteiger partial charge in [-0.25, -0.2) is 0 Å². The first-order valence-corrected chi connectivity index (χ1v) is 19.6. The third-order valence-corrected chi connectivity index (χ3v) is 11.1. The molecule has 0 N–H and O–H groups in total. The fourth-order valence-corrected chi connectivity index (χ4v) is 8.34. The first-order valence-electron chi connectivity index (χ1n) is 19.6. The van der Waals surface area contributed by atoms with Crippen LogP contribution in [0.1, 0.15) is 0 Å². The summed E-state index contributed by atoms with van der Waals surface area (Å²) in [6.45, 7) is 0. The highest BCUT2D eigenvalue weighted by molar-refractivity contribution is 5.99. The standard InChI is InChI=1S/C56H39N/c1-3-14-42(15-4-1)54-26-13-27-55(56(54)46-18-5-2-6-19-46)45-32-38-49(39-33-45)57(47-34-28-43(29-35-47)52-24-11-20-40-16-7-9-22-50(40)52)48-36-30-44(31-37-48)53-25-12-21-41-17-8-10-23-51(41)53/h1-39H. The minimum absolute atomic E-state index is 1.09. The van der Waals surface area contributed by atoms with Crippen molar-refractivity contribution in [2.24, 2.45) is 0 Å². The van der Waals surface area contributed by atoms with Crippen LogP contribution < -0.4 is 4.90 Å². The molecule has 0 saturated carbocycles.